The van der Waals surface area contributed by atoms with Crippen molar-refractivity contribution in [2.45, 2.75) is 45.8 Å². The maximum Gasteiger partial charge on any atom is 0.229 e. The lowest BCUT2D eigenvalue weighted by atomic mass is 9.95. The van der Waals surface area contributed by atoms with Gasteiger partial charge in [0.05, 0.1) is 5.75 Å². The summed E-state index contributed by atoms with van der Waals surface area (Å²) in [6, 6.07) is 10.8. The number of benzene rings is 1. The third-order valence-electron chi connectivity index (χ3n) is 4.58. The van der Waals surface area contributed by atoms with Crippen molar-refractivity contribution < 1.29 is 9.59 Å². The summed E-state index contributed by atoms with van der Waals surface area (Å²) in [5.74, 6) is 0.960. The van der Waals surface area contributed by atoms with Gasteiger partial charge < -0.3 is 9.88 Å². The maximum atomic E-state index is 12.7. The monoisotopic (exact) mass is 437 g/mol. The molecule has 0 unspecified atom stereocenters. The molecule has 0 atom stereocenters. The number of pyridine rings is 1. The van der Waals surface area contributed by atoms with Gasteiger partial charge in [-0.2, -0.15) is 0 Å². The Bertz CT molecular complexity index is 1040. The van der Waals surface area contributed by atoms with Gasteiger partial charge in [0.15, 0.2) is 16.8 Å². The molecule has 31 heavy (non-hydrogen) atoms. The first-order chi connectivity index (χ1) is 14.8. The van der Waals surface area contributed by atoms with Gasteiger partial charge in [0.25, 0.3) is 0 Å². The summed E-state index contributed by atoms with van der Waals surface area (Å²) in [5.41, 5.74) is 1.74. The van der Waals surface area contributed by atoms with Crippen LogP contribution in [0.4, 0.5) is 5.69 Å². The Labute approximate surface area is 186 Å². The van der Waals surface area contributed by atoms with E-state index < -0.39 is 5.41 Å². The highest BCUT2D eigenvalue weighted by molar-refractivity contribution is 7.99. The number of nitrogens with one attached hydrogen (secondary N) is 1. The van der Waals surface area contributed by atoms with E-state index in [0.717, 1.165) is 29.5 Å². The number of aromatic nitrogens is 4. The molecule has 3 aromatic rings. The minimum atomic E-state index is -0.477. The molecule has 1 amide bonds. The highest BCUT2D eigenvalue weighted by Crippen LogP contribution is 2.25. The van der Waals surface area contributed by atoms with E-state index in [1.54, 1.807) is 36.7 Å². The fourth-order valence-corrected chi connectivity index (χ4v) is 3.67. The number of rotatable bonds is 8. The Morgan fingerprint density at radius 2 is 1.71 bits per heavy atom. The molecule has 0 saturated carbocycles. The van der Waals surface area contributed by atoms with Gasteiger partial charge in [-0.25, -0.2) is 0 Å². The Morgan fingerprint density at radius 3 is 2.32 bits per heavy atom. The third-order valence-corrected chi connectivity index (χ3v) is 5.55. The van der Waals surface area contributed by atoms with Gasteiger partial charge in [-0.1, -0.05) is 39.5 Å². The molecular formula is C23H27N5O2S. The van der Waals surface area contributed by atoms with E-state index >= 15 is 0 Å². The molecule has 0 radical (unpaired) electrons. The molecule has 0 aliphatic carbocycles. The SMILES string of the molecule is CCCn1c(SCC(=O)c2ccc(NC(=O)C(C)(C)C)cc2)nnc1-c1ccncc1. The van der Waals surface area contributed by atoms with Crippen molar-refractivity contribution in [3.05, 3.63) is 54.4 Å². The van der Waals surface area contributed by atoms with Crippen LogP contribution in [0.5, 0.6) is 0 Å². The molecular weight excluding hydrogens is 410 g/mol. The summed E-state index contributed by atoms with van der Waals surface area (Å²) < 4.78 is 2.04. The molecule has 1 aromatic carbocycles. The van der Waals surface area contributed by atoms with Crippen molar-refractivity contribution in [2.75, 3.05) is 11.1 Å². The van der Waals surface area contributed by atoms with Crippen molar-refractivity contribution in [3.63, 3.8) is 0 Å². The molecule has 0 saturated heterocycles. The molecule has 0 aliphatic rings. The van der Waals surface area contributed by atoms with Crippen molar-refractivity contribution in [3.8, 4) is 11.4 Å². The summed E-state index contributed by atoms with van der Waals surface area (Å²) >= 11 is 1.38. The van der Waals surface area contributed by atoms with Gasteiger partial charge in [-0.05, 0) is 42.8 Å². The lowest BCUT2D eigenvalue weighted by molar-refractivity contribution is -0.123. The molecule has 0 fully saturated rings. The number of amides is 1. The van der Waals surface area contributed by atoms with E-state index in [1.165, 1.54) is 11.8 Å². The van der Waals surface area contributed by atoms with Gasteiger partial charge in [-0.3, -0.25) is 14.6 Å². The number of carbonyl (C=O) groups excluding carboxylic acids is 2. The van der Waals surface area contributed by atoms with Gasteiger partial charge in [0, 0.05) is 41.2 Å². The second kappa shape index (κ2) is 9.87. The van der Waals surface area contributed by atoms with Crippen molar-refractivity contribution in [1.82, 2.24) is 19.7 Å². The molecule has 3 rings (SSSR count). The van der Waals surface area contributed by atoms with Crippen LogP contribution in [0.2, 0.25) is 0 Å². The molecule has 0 bridgehead atoms. The number of Topliss-reactive ketones (excluding diaryl/α,β-unsaturated/α-hetero) is 1. The molecule has 8 heteroatoms. The van der Waals surface area contributed by atoms with E-state index in [9.17, 15) is 9.59 Å². The summed E-state index contributed by atoms with van der Waals surface area (Å²) in [5, 5.41) is 12.2. The summed E-state index contributed by atoms with van der Waals surface area (Å²) in [6.45, 7) is 8.43. The first-order valence-electron chi connectivity index (χ1n) is 10.2. The Hall–Kier alpha value is -3.00. The van der Waals surface area contributed by atoms with Gasteiger partial charge in [0.1, 0.15) is 0 Å². The van der Waals surface area contributed by atoms with Gasteiger partial charge >= 0.3 is 0 Å². The minimum Gasteiger partial charge on any atom is -0.326 e. The van der Waals surface area contributed by atoms with Crippen molar-refractivity contribution in [2.24, 2.45) is 5.41 Å². The lowest BCUT2D eigenvalue weighted by Gasteiger charge is -2.17. The number of nitrogens with zero attached hydrogens (tertiary/aromatic N) is 4. The van der Waals surface area contributed by atoms with E-state index in [4.69, 9.17) is 0 Å². The Balaban J connectivity index is 1.67. The zero-order chi connectivity index (χ0) is 22.4. The maximum absolute atomic E-state index is 12.7. The fraction of sp³-hybridized carbons (Fsp3) is 0.348. The molecule has 7 nitrogen and oxygen atoms in total. The van der Waals surface area contributed by atoms with Crippen LogP contribution in [-0.2, 0) is 11.3 Å². The van der Waals surface area contributed by atoms with Crippen LogP contribution in [0.3, 0.4) is 0 Å². The molecule has 2 heterocycles. The van der Waals surface area contributed by atoms with Crippen LogP contribution in [0, 0.1) is 5.41 Å². The van der Waals surface area contributed by atoms with E-state index in [-0.39, 0.29) is 17.4 Å². The topological polar surface area (TPSA) is 89.8 Å². The van der Waals surface area contributed by atoms with Crippen molar-refractivity contribution in [1.29, 1.82) is 0 Å². The number of hydrogen-bond donors (Lipinski definition) is 1. The fourth-order valence-electron chi connectivity index (χ4n) is 2.81. The number of ketones is 1. The second-order valence-corrected chi connectivity index (χ2v) is 9.13. The average Bonchev–Trinajstić information content (AvgIpc) is 3.15. The zero-order valence-corrected chi connectivity index (χ0v) is 19.1. The number of carbonyl (C=O) groups is 2. The largest absolute Gasteiger partial charge is 0.326 e. The molecule has 0 spiro atoms. The van der Waals surface area contributed by atoms with Gasteiger partial charge in [-0.15, -0.1) is 10.2 Å². The Morgan fingerprint density at radius 1 is 1.03 bits per heavy atom. The molecule has 0 aliphatic heterocycles. The molecule has 1 N–H and O–H groups in total. The lowest BCUT2D eigenvalue weighted by Crippen LogP contribution is -2.27. The first kappa shape index (κ1) is 22.7. The smallest absolute Gasteiger partial charge is 0.229 e. The zero-order valence-electron chi connectivity index (χ0n) is 18.3. The normalized spacial score (nSPS) is 11.4. The van der Waals surface area contributed by atoms with Crippen LogP contribution >= 0.6 is 11.8 Å². The highest BCUT2D eigenvalue weighted by atomic mass is 32.2. The minimum absolute atomic E-state index is 0.00444. The summed E-state index contributed by atoms with van der Waals surface area (Å²) in [6.07, 6.45) is 4.38. The Kier molecular flexibility index (Phi) is 7.22. The van der Waals surface area contributed by atoms with E-state index in [1.807, 2.05) is 37.5 Å². The van der Waals surface area contributed by atoms with Crippen LogP contribution in [-0.4, -0.2) is 37.2 Å². The quantitative estimate of drug-likeness (QED) is 0.405. The predicted molar refractivity (Wildman–Crippen MR) is 123 cm³/mol. The first-order valence-corrected chi connectivity index (χ1v) is 11.2. The van der Waals surface area contributed by atoms with E-state index in [0.29, 0.717) is 11.3 Å². The number of hydrogen-bond acceptors (Lipinski definition) is 6. The van der Waals surface area contributed by atoms with Crippen LogP contribution in [0.15, 0.2) is 53.9 Å². The molecule has 2 aromatic heterocycles. The van der Waals surface area contributed by atoms with E-state index in [2.05, 4.69) is 27.4 Å². The second-order valence-electron chi connectivity index (χ2n) is 8.19. The standard InChI is InChI=1S/C23H27N5O2S/c1-5-14-28-20(17-10-12-24-13-11-17)26-27-22(28)31-15-19(29)16-6-8-18(9-7-16)25-21(30)23(2,3)4/h6-13H,5,14-15H2,1-4H3,(H,25,30). The van der Waals surface area contributed by atoms with Crippen LogP contribution in [0.25, 0.3) is 11.4 Å². The predicted octanol–water partition coefficient (Wildman–Crippen LogP) is 4.71. The summed E-state index contributed by atoms with van der Waals surface area (Å²) in [7, 11) is 0. The molecule has 162 valence electrons. The highest BCUT2D eigenvalue weighted by Gasteiger charge is 2.21. The third kappa shape index (κ3) is 5.79. The summed E-state index contributed by atoms with van der Waals surface area (Å²) in [4.78, 5) is 28.8. The number of thioether (sulfide) groups is 1. The van der Waals surface area contributed by atoms with Gasteiger partial charge in [0.2, 0.25) is 5.91 Å². The van der Waals surface area contributed by atoms with Crippen LogP contribution in [0.1, 0.15) is 44.5 Å². The van der Waals surface area contributed by atoms with Crippen molar-refractivity contribution >= 4 is 29.1 Å². The average molecular weight is 438 g/mol. The van der Waals surface area contributed by atoms with Crippen LogP contribution < -0.4 is 5.32 Å². The number of anilines is 1.